The Hall–Kier alpha value is -2.61. The fourth-order valence-corrected chi connectivity index (χ4v) is 3.13. The molecule has 0 amide bonds. The molecule has 0 unspecified atom stereocenters. The molecule has 134 valence electrons. The first-order valence-electron chi connectivity index (χ1n) is 9.53. The minimum atomic E-state index is 0.255. The second-order valence-corrected chi connectivity index (χ2v) is 6.66. The van der Waals surface area contributed by atoms with E-state index in [1.54, 1.807) is 0 Å². The summed E-state index contributed by atoms with van der Waals surface area (Å²) >= 11 is 0. The van der Waals surface area contributed by atoms with Crippen molar-refractivity contribution in [2.75, 3.05) is 6.61 Å². The normalized spacial score (nSPS) is 10.8. The summed E-state index contributed by atoms with van der Waals surface area (Å²) in [6.07, 6.45) is 6.08. The van der Waals surface area contributed by atoms with Crippen LogP contribution in [-0.4, -0.2) is 12.4 Å². The van der Waals surface area contributed by atoms with Crippen molar-refractivity contribution in [1.29, 1.82) is 0 Å². The summed E-state index contributed by atoms with van der Waals surface area (Å²) < 4.78 is 5.86. The van der Waals surface area contributed by atoms with Gasteiger partial charge in [0.05, 0.1) is 6.61 Å². The van der Waals surface area contributed by atoms with Gasteiger partial charge >= 0.3 is 0 Å². The van der Waals surface area contributed by atoms with E-state index in [1.807, 2.05) is 36.4 Å². The Morgan fingerprint density at radius 2 is 1.38 bits per heavy atom. The van der Waals surface area contributed by atoms with E-state index in [0.717, 1.165) is 50.0 Å². The van der Waals surface area contributed by atoms with Crippen molar-refractivity contribution in [2.45, 2.75) is 38.5 Å². The predicted octanol–water partition coefficient (Wildman–Crippen LogP) is 6.44. The Morgan fingerprint density at radius 3 is 2.23 bits per heavy atom. The summed E-state index contributed by atoms with van der Waals surface area (Å²) in [6.45, 7) is 0.751. The average molecular weight is 346 g/mol. The molecule has 3 aromatic rings. The minimum absolute atomic E-state index is 0.255. The molecule has 2 heteroatoms. The standard InChI is InChI=1S/C24H26O2/c25-24(21-12-5-4-6-13-21)15-7-2-1-3-10-18-26-23-17-16-20-11-8-9-14-22(20)19-23/h4-6,8-9,11-14,16-17,19H,1-3,7,10,15,18H2. The molecule has 3 aromatic carbocycles. The van der Waals surface area contributed by atoms with Gasteiger partial charge in [-0.05, 0) is 35.7 Å². The van der Waals surface area contributed by atoms with Crippen LogP contribution in [0.25, 0.3) is 10.8 Å². The first-order valence-corrected chi connectivity index (χ1v) is 9.53. The number of ether oxygens (including phenoxy) is 1. The van der Waals surface area contributed by atoms with E-state index in [1.165, 1.54) is 10.8 Å². The van der Waals surface area contributed by atoms with Crippen LogP contribution >= 0.6 is 0 Å². The number of fused-ring (bicyclic) bond motifs is 1. The molecule has 0 radical (unpaired) electrons. The summed E-state index contributed by atoms with van der Waals surface area (Å²) in [7, 11) is 0. The Balaban J connectivity index is 1.27. The molecule has 0 N–H and O–H groups in total. The number of hydrogen-bond acceptors (Lipinski definition) is 2. The van der Waals surface area contributed by atoms with Gasteiger partial charge in [-0.3, -0.25) is 4.79 Å². The number of Topliss-reactive ketones (excluding diaryl/α,β-unsaturated/α-hetero) is 1. The van der Waals surface area contributed by atoms with Gasteiger partial charge in [-0.15, -0.1) is 0 Å². The summed E-state index contributed by atoms with van der Waals surface area (Å²) in [6, 6.07) is 24.1. The molecule has 3 rings (SSSR count). The minimum Gasteiger partial charge on any atom is -0.494 e. The van der Waals surface area contributed by atoms with Crippen molar-refractivity contribution in [3.63, 3.8) is 0 Å². The van der Waals surface area contributed by atoms with Gasteiger partial charge in [0.25, 0.3) is 0 Å². The fraction of sp³-hybridized carbons (Fsp3) is 0.292. The van der Waals surface area contributed by atoms with E-state index in [4.69, 9.17) is 4.74 Å². The topological polar surface area (TPSA) is 26.3 Å². The number of carbonyl (C=O) groups excluding carboxylic acids is 1. The molecule has 0 saturated carbocycles. The quantitative estimate of drug-likeness (QED) is 0.312. The zero-order valence-electron chi connectivity index (χ0n) is 15.2. The van der Waals surface area contributed by atoms with Crippen LogP contribution in [0, 0.1) is 0 Å². The molecule has 0 heterocycles. The summed E-state index contributed by atoms with van der Waals surface area (Å²) in [4.78, 5) is 12.0. The number of carbonyl (C=O) groups is 1. The number of ketones is 1. The molecule has 0 aliphatic rings. The molecule has 0 spiro atoms. The van der Waals surface area contributed by atoms with Crippen molar-refractivity contribution < 1.29 is 9.53 Å². The lowest BCUT2D eigenvalue weighted by Gasteiger charge is -2.07. The molecule has 0 aromatic heterocycles. The van der Waals surface area contributed by atoms with Gasteiger partial charge in [0, 0.05) is 12.0 Å². The highest BCUT2D eigenvalue weighted by atomic mass is 16.5. The van der Waals surface area contributed by atoms with E-state index in [9.17, 15) is 4.79 Å². The summed E-state index contributed by atoms with van der Waals surface area (Å²) in [5, 5.41) is 2.46. The predicted molar refractivity (Wildman–Crippen MR) is 108 cm³/mol. The smallest absolute Gasteiger partial charge is 0.162 e. The van der Waals surface area contributed by atoms with Crippen LogP contribution in [0.1, 0.15) is 48.9 Å². The Kier molecular flexibility index (Phi) is 6.83. The van der Waals surface area contributed by atoms with Gasteiger partial charge in [0.2, 0.25) is 0 Å². The largest absolute Gasteiger partial charge is 0.494 e. The first-order chi connectivity index (χ1) is 12.8. The first kappa shape index (κ1) is 18.2. The number of hydrogen-bond donors (Lipinski definition) is 0. The molecule has 0 atom stereocenters. The number of benzene rings is 3. The maximum Gasteiger partial charge on any atom is 0.162 e. The van der Waals surface area contributed by atoms with Crippen LogP contribution in [0.4, 0.5) is 0 Å². The molecular weight excluding hydrogens is 320 g/mol. The average Bonchev–Trinajstić information content (AvgIpc) is 2.70. The SMILES string of the molecule is O=C(CCCCCCCOc1ccc2ccccc2c1)c1ccccc1. The van der Waals surface area contributed by atoms with E-state index in [2.05, 4.69) is 36.4 Å². The fourth-order valence-electron chi connectivity index (χ4n) is 3.13. The molecule has 0 aliphatic heterocycles. The molecule has 26 heavy (non-hydrogen) atoms. The molecule has 0 bridgehead atoms. The number of unbranched alkanes of at least 4 members (excludes halogenated alkanes) is 4. The lowest BCUT2D eigenvalue weighted by Crippen LogP contribution is -1.99. The van der Waals surface area contributed by atoms with E-state index >= 15 is 0 Å². The van der Waals surface area contributed by atoms with Crippen LogP contribution in [0.5, 0.6) is 5.75 Å². The van der Waals surface area contributed by atoms with Gasteiger partial charge in [-0.25, -0.2) is 0 Å². The van der Waals surface area contributed by atoms with Gasteiger partial charge in [0.1, 0.15) is 5.75 Å². The van der Waals surface area contributed by atoms with Crippen LogP contribution in [-0.2, 0) is 0 Å². The van der Waals surface area contributed by atoms with E-state index in [0.29, 0.717) is 6.42 Å². The van der Waals surface area contributed by atoms with Crippen LogP contribution in [0.2, 0.25) is 0 Å². The molecular formula is C24H26O2. The van der Waals surface area contributed by atoms with E-state index in [-0.39, 0.29) is 5.78 Å². The molecule has 0 fully saturated rings. The Bertz CT molecular complexity index is 824. The van der Waals surface area contributed by atoms with Crippen LogP contribution in [0.3, 0.4) is 0 Å². The summed E-state index contributed by atoms with van der Waals surface area (Å²) in [5.74, 6) is 1.20. The highest BCUT2D eigenvalue weighted by Gasteiger charge is 2.04. The van der Waals surface area contributed by atoms with Gasteiger partial charge in [-0.2, -0.15) is 0 Å². The highest BCUT2D eigenvalue weighted by Crippen LogP contribution is 2.20. The van der Waals surface area contributed by atoms with Gasteiger partial charge in [-0.1, -0.05) is 79.9 Å². The second kappa shape index (κ2) is 9.76. The lowest BCUT2D eigenvalue weighted by atomic mass is 10.0. The summed E-state index contributed by atoms with van der Waals surface area (Å²) in [5.41, 5.74) is 0.830. The van der Waals surface area contributed by atoms with Crippen molar-refractivity contribution in [3.8, 4) is 5.75 Å². The third-order valence-electron chi connectivity index (χ3n) is 4.63. The Labute approximate surface area is 155 Å². The van der Waals surface area contributed by atoms with Crippen LogP contribution < -0.4 is 4.74 Å². The van der Waals surface area contributed by atoms with Crippen molar-refractivity contribution in [3.05, 3.63) is 78.4 Å². The van der Waals surface area contributed by atoms with Gasteiger partial charge < -0.3 is 4.74 Å². The lowest BCUT2D eigenvalue weighted by molar-refractivity contribution is 0.0979. The third kappa shape index (κ3) is 5.45. The monoisotopic (exact) mass is 346 g/mol. The van der Waals surface area contributed by atoms with Crippen LogP contribution in [0.15, 0.2) is 72.8 Å². The van der Waals surface area contributed by atoms with Crippen molar-refractivity contribution in [1.82, 2.24) is 0 Å². The maximum absolute atomic E-state index is 12.0. The Morgan fingerprint density at radius 1 is 0.692 bits per heavy atom. The maximum atomic E-state index is 12.0. The zero-order valence-corrected chi connectivity index (χ0v) is 15.2. The molecule has 2 nitrogen and oxygen atoms in total. The third-order valence-corrected chi connectivity index (χ3v) is 4.63. The van der Waals surface area contributed by atoms with Gasteiger partial charge in [0.15, 0.2) is 5.78 Å². The van der Waals surface area contributed by atoms with Crippen molar-refractivity contribution >= 4 is 16.6 Å². The molecule has 0 saturated heterocycles. The van der Waals surface area contributed by atoms with Crippen molar-refractivity contribution in [2.24, 2.45) is 0 Å². The zero-order chi connectivity index (χ0) is 18.0. The van der Waals surface area contributed by atoms with E-state index < -0.39 is 0 Å². The number of rotatable bonds is 10. The molecule has 0 aliphatic carbocycles. The highest BCUT2D eigenvalue weighted by molar-refractivity contribution is 5.95. The second-order valence-electron chi connectivity index (χ2n) is 6.66.